The summed E-state index contributed by atoms with van der Waals surface area (Å²) in [6.07, 6.45) is 10.1. The Bertz CT molecular complexity index is 745. The zero-order chi connectivity index (χ0) is 18.7. The summed E-state index contributed by atoms with van der Waals surface area (Å²) in [6.45, 7) is 4.11. The van der Waals surface area contributed by atoms with Gasteiger partial charge in [0, 0.05) is 12.1 Å². The Hall–Kier alpha value is -2.45. The van der Waals surface area contributed by atoms with Gasteiger partial charge in [0.25, 0.3) is 5.91 Å². The minimum Gasteiger partial charge on any atom is -0.364 e. The average molecular weight is 357 g/mol. The van der Waals surface area contributed by atoms with Gasteiger partial charge in [0.2, 0.25) is 0 Å². The Morgan fingerprint density at radius 1 is 1.38 bits per heavy atom. The minimum absolute atomic E-state index is 0.103. The van der Waals surface area contributed by atoms with Crippen LogP contribution in [0.1, 0.15) is 50.0 Å². The molecule has 3 atom stereocenters. The maximum absolute atomic E-state index is 11.6. The Morgan fingerprint density at radius 3 is 2.88 bits per heavy atom. The number of primary amides is 1. The molecule has 0 aromatic carbocycles. The van der Waals surface area contributed by atoms with E-state index in [9.17, 15) is 4.79 Å². The second-order valence-corrected chi connectivity index (χ2v) is 7.26. The standard InChI is InChI=1S/C18H27N7O/c1-11-9-15(22-14-7-8-21-25-16(14)17(20)26)24-18(2,10-11)23-13-6-4-3-5-12(13)19/h7-10,12-13,23-24H,3-6,19H2,1-2H3,(H2,20,26)(H,21,22)/t12-,13+,18?/m0/s1. The first-order chi connectivity index (χ1) is 12.4. The highest BCUT2D eigenvalue weighted by Gasteiger charge is 2.32. The largest absolute Gasteiger partial charge is 0.364 e. The van der Waals surface area contributed by atoms with E-state index in [1.54, 1.807) is 6.07 Å². The number of anilines is 1. The minimum atomic E-state index is -0.627. The summed E-state index contributed by atoms with van der Waals surface area (Å²) in [7, 11) is 0. The van der Waals surface area contributed by atoms with Crippen LogP contribution in [0.15, 0.2) is 35.8 Å². The van der Waals surface area contributed by atoms with Gasteiger partial charge in [-0.3, -0.25) is 10.1 Å². The van der Waals surface area contributed by atoms with Crippen LogP contribution >= 0.6 is 0 Å². The van der Waals surface area contributed by atoms with Crippen molar-refractivity contribution in [1.29, 1.82) is 0 Å². The lowest BCUT2D eigenvalue weighted by molar-refractivity contribution is 0.0995. The molecule has 8 heteroatoms. The SMILES string of the molecule is CC1=CC(C)(N[C@@H]2CCCC[C@@H]2N)NC(Nc2ccnnc2C(N)=O)=C1. The number of nitrogens with zero attached hydrogens (tertiary/aromatic N) is 2. The van der Waals surface area contributed by atoms with E-state index in [2.05, 4.69) is 39.1 Å². The molecule has 1 fully saturated rings. The van der Waals surface area contributed by atoms with Crippen molar-refractivity contribution in [2.45, 2.75) is 57.3 Å². The number of nitrogens with one attached hydrogen (secondary N) is 3. The van der Waals surface area contributed by atoms with Crippen LogP contribution in [0.3, 0.4) is 0 Å². The molecule has 1 saturated carbocycles. The number of hydrogen-bond donors (Lipinski definition) is 5. The Balaban J connectivity index is 1.76. The number of carbonyl (C=O) groups is 1. The van der Waals surface area contributed by atoms with Crippen molar-refractivity contribution >= 4 is 11.6 Å². The molecule has 0 bridgehead atoms. The van der Waals surface area contributed by atoms with Gasteiger partial charge in [-0.2, -0.15) is 5.10 Å². The molecule has 1 aromatic heterocycles. The molecule has 1 aliphatic heterocycles. The molecule has 1 unspecified atom stereocenters. The Labute approximate surface area is 153 Å². The highest BCUT2D eigenvalue weighted by atomic mass is 16.1. The number of rotatable bonds is 5. The lowest BCUT2D eigenvalue weighted by atomic mass is 9.89. The van der Waals surface area contributed by atoms with E-state index in [0.29, 0.717) is 5.69 Å². The fourth-order valence-corrected chi connectivity index (χ4v) is 3.71. The molecule has 0 radical (unpaired) electrons. The summed E-state index contributed by atoms with van der Waals surface area (Å²) in [5.41, 5.74) is 12.9. The summed E-state index contributed by atoms with van der Waals surface area (Å²) in [6, 6.07) is 2.09. The fraction of sp³-hybridized carbons (Fsp3) is 0.500. The Morgan fingerprint density at radius 2 is 2.15 bits per heavy atom. The highest BCUT2D eigenvalue weighted by Crippen LogP contribution is 2.23. The summed E-state index contributed by atoms with van der Waals surface area (Å²) in [4.78, 5) is 11.6. The maximum Gasteiger partial charge on any atom is 0.271 e. The highest BCUT2D eigenvalue weighted by molar-refractivity contribution is 5.96. The van der Waals surface area contributed by atoms with Crippen LogP contribution < -0.4 is 27.4 Å². The molecular weight excluding hydrogens is 330 g/mol. The molecule has 2 aliphatic rings. The van der Waals surface area contributed by atoms with Crippen molar-refractivity contribution in [3.63, 3.8) is 0 Å². The number of aromatic nitrogens is 2. The van der Waals surface area contributed by atoms with Crippen LogP contribution in [0.25, 0.3) is 0 Å². The van der Waals surface area contributed by atoms with Crippen molar-refractivity contribution in [3.05, 3.63) is 41.5 Å². The topological polar surface area (TPSA) is 131 Å². The predicted octanol–water partition coefficient (Wildman–Crippen LogP) is 0.954. The number of hydrogen-bond acceptors (Lipinski definition) is 7. The molecule has 26 heavy (non-hydrogen) atoms. The normalized spacial score (nSPS) is 28.6. The summed E-state index contributed by atoms with van der Waals surface area (Å²) in [5, 5.41) is 17.8. The molecule has 0 spiro atoms. The van der Waals surface area contributed by atoms with Gasteiger partial charge in [0.1, 0.15) is 11.5 Å². The van der Waals surface area contributed by atoms with Crippen LogP contribution in [-0.4, -0.2) is 33.9 Å². The number of dihydropyridines is 1. The lowest BCUT2D eigenvalue weighted by Gasteiger charge is -2.41. The first kappa shape index (κ1) is 18.3. The average Bonchev–Trinajstić information content (AvgIpc) is 2.56. The first-order valence-corrected chi connectivity index (χ1v) is 8.97. The third-order valence-corrected chi connectivity index (χ3v) is 4.81. The molecule has 3 rings (SSSR count). The molecule has 8 nitrogen and oxygen atoms in total. The number of amides is 1. The summed E-state index contributed by atoms with van der Waals surface area (Å²) < 4.78 is 0. The van der Waals surface area contributed by atoms with E-state index in [0.717, 1.165) is 24.2 Å². The van der Waals surface area contributed by atoms with Crippen LogP contribution in [0.4, 0.5) is 5.69 Å². The van der Waals surface area contributed by atoms with E-state index >= 15 is 0 Å². The molecule has 7 N–H and O–H groups in total. The van der Waals surface area contributed by atoms with Crippen molar-refractivity contribution < 1.29 is 4.79 Å². The molecule has 1 aliphatic carbocycles. The fourth-order valence-electron chi connectivity index (χ4n) is 3.71. The predicted molar refractivity (Wildman–Crippen MR) is 101 cm³/mol. The van der Waals surface area contributed by atoms with E-state index in [-0.39, 0.29) is 17.8 Å². The zero-order valence-corrected chi connectivity index (χ0v) is 15.2. The van der Waals surface area contributed by atoms with Crippen molar-refractivity contribution in [2.24, 2.45) is 11.5 Å². The second kappa shape index (κ2) is 7.43. The van der Waals surface area contributed by atoms with Crippen LogP contribution in [0, 0.1) is 0 Å². The number of carbonyl (C=O) groups excluding carboxylic acids is 1. The van der Waals surface area contributed by atoms with Gasteiger partial charge >= 0.3 is 0 Å². The smallest absolute Gasteiger partial charge is 0.271 e. The molecule has 0 saturated heterocycles. The molecule has 140 valence electrons. The third kappa shape index (κ3) is 4.20. The van der Waals surface area contributed by atoms with E-state index in [1.165, 1.54) is 19.0 Å². The van der Waals surface area contributed by atoms with Crippen molar-refractivity contribution in [3.8, 4) is 0 Å². The summed E-state index contributed by atoms with van der Waals surface area (Å²) >= 11 is 0. The third-order valence-electron chi connectivity index (χ3n) is 4.81. The van der Waals surface area contributed by atoms with Gasteiger partial charge in [-0.15, -0.1) is 5.10 Å². The maximum atomic E-state index is 11.6. The van der Waals surface area contributed by atoms with Crippen LogP contribution in [0.2, 0.25) is 0 Å². The molecule has 1 amide bonds. The van der Waals surface area contributed by atoms with Crippen molar-refractivity contribution in [2.75, 3.05) is 5.32 Å². The molecular formula is C18H27N7O. The second-order valence-electron chi connectivity index (χ2n) is 7.26. The Kier molecular flexibility index (Phi) is 5.24. The van der Waals surface area contributed by atoms with Gasteiger partial charge < -0.3 is 22.1 Å². The quantitative estimate of drug-likeness (QED) is 0.530. The van der Waals surface area contributed by atoms with Gasteiger partial charge in [-0.05, 0) is 50.5 Å². The number of allylic oxidation sites excluding steroid dienone is 2. The van der Waals surface area contributed by atoms with E-state index < -0.39 is 11.6 Å². The first-order valence-electron chi connectivity index (χ1n) is 8.97. The lowest BCUT2D eigenvalue weighted by Crippen LogP contribution is -2.62. The van der Waals surface area contributed by atoms with Crippen LogP contribution in [0.5, 0.6) is 0 Å². The van der Waals surface area contributed by atoms with Gasteiger partial charge in [-0.25, -0.2) is 0 Å². The van der Waals surface area contributed by atoms with Crippen molar-refractivity contribution in [1.82, 2.24) is 20.8 Å². The van der Waals surface area contributed by atoms with Gasteiger partial charge in [0.05, 0.1) is 11.9 Å². The van der Waals surface area contributed by atoms with E-state index in [1.807, 2.05) is 13.0 Å². The molecule has 2 heterocycles. The molecule has 1 aromatic rings. The van der Waals surface area contributed by atoms with Gasteiger partial charge in [-0.1, -0.05) is 12.8 Å². The zero-order valence-electron chi connectivity index (χ0n) is 15.2. The monoisotopic (exact) mass is 357 g/mol. The summed E-state index contributed by atoms with van der Waals surface area (Å²) in [5.74, 6) is 0.123. The number of nitrogens with two attached hydrogens (primary N) is 2. The van der Waals surface area contributed by atoms with Crippen LogP contribution in [-0.2, 0) is 0 Å². The van der Waals surface area contributed by atoms with E-state index in [4.69, 9.17) is 11.5 Å². The van der Waals surface area contributed by atoms with Gasteiger partial charge in [0.15, 0.2) is 5.69 Å².